The second kappa shape index (κ2) is 4.60. The van der Waals surface area contributed by atoms with Gasteiger partial charge in [-0.1, -0.05) is 6.42 Å². The number of ether oxygens (including phenoxy) is 1. The zero-order valence-electron chi connectivity index (χ0n) is 15.1. The largest absolute Gasteiger partial charge is 0.459 e. The van der Waals surface area contributed by atoms with Gasteiger partial charge in [0.1, 0.15) is 5.60 Å². The smallest absolute Gasteiger partial charge is 0.312 e. The summed E-state index contributed by atoms with van der Waals surface area (Å²) in [5.41, 5.74) is -0.203. The van der Waals surface area contributed by atoms with E-state index in [2.05, 4.69) is 6.92 Å². The van der Waals surface area contributed by atoms with E-state index in [0.717, 1.165) is 61.2 Å². The van der Waals surface area contributed by atoms with Crippen LogP contribution in [0.3, 0.4) is 0 Å². The van der Waals surface area contributed by atoms with Gasteiger partial charge < -0.3 is 4.74 Å². The van der Waals surface area contributed by atoms with Crippen molar-refractivity contribution in [1.29, 1.82) is 0 Å². The van der Waals surface area contributed by atoms with Gasteiger partial charge >= 0.3 is 5.97 Å². The normalized spacial score (nSPS) is 59.8. The maximum atomic E-state index is 13.4. The average molecular weight is 328 g/mol. The molecular formula is C22H32O2. The van der Waals surface area contributed by atoms with E-state index in [9.17, 15) is 4.79 Å². The summed E-state index contributed by atoms with van der Waals surface area (Å²) in [6.45, 7) is 2.30. The lowest BCUT2D eigenvalue weighted by molar-refractivity contribution is -0.193. The molecule has 7 saturated carbocycles. The lowest BCUT2D eigenvalue weighted by Crippen LogP contribution is -2.53. The second-order valence-electron chi connectivity index (χ2n) is 11.0. The molecule has 2 heteroatoms. The number of carbonyl (C=O) groups is 1. The van der Waals surface area contributed by atoms with Crippen LogP contribution in [0.5, 0.6) is 0 Å². The predicted octanol–water partition coefficient (Wildman–Crippen LogP) is 4.96. The number of esters is 1. The Morgan fingerprint density at radius 3 is 2.17 bits per heavy atom. The van der Waals surface area contributed by atoms with Crippen LogP contribution < -0.4 is 0 Å². The molecular weight excluding hydrogens is 296 g/mol. The first-order valence-electron chi connectivity index (χ1n) is 10.8. The number of carbonyl (C=O) groups excluding carboxylic acids is 1. The molecule has 0 amide bonds. The molecule has 0 aromatic carbocycles. The van der Waals surface area contributed by atoms with E-state index in [1.807, 2.05) is 0 Å². The first kappa shape index (κ1) is 14.6. The quantitative estimate of drug-likeness (QED) is 0.670. The fourth-order valence-corrected chi connectivity index (χ4v) is 9.18. The number of hydrogen-bond acceptors (Lipinski definition) is 2. The van der Waals surface area contributed by atoms with Crippen LogP contribution in [0.15, 0.2) is 0 Å². The van der Waals surface area contributed by atoms with Gasteiger partial charge in [-0.25, -0.2) is 0 Å². The molecule has 0 spiro atoms. The highest BCUT2D eigenvalue weighted by Crippen LogP contribution is 2.65. The Morgan fingerprint density at radius 1 is 0.875 bits per heavy atom. The third-order valence-electron chi connectivity index (χ3n) is 9.55. The van der Waals surface area contributed by atoms with Gasteiger partial charge in [-0.05, 0) is 107 Å². The SMILES string of the molecule is C[C@@]1(OC(=O)C23CC4CC(CC(C4)C2)C3)C[C@@H]2C[C@H]1[C@@H]1CCC[C@H]21. The molecule has 7 aliphatic carbocycles. The van der Waals surface area contributed by atoms with Crippen molar-refractivity contribution in [3.8, 4) is 0 Å². The molecule has 0 saturated heterocycles. The van der Waals surface area contributed by atoms with Gasteiger partial charge in [0.25, 0.3) is 0 Å². The zero-order valence-corrected chi connectivity index (χ0v) is 15.1. The topological polar surface area (TPSA) is 26.3 Å². The third kappa shape index (κ3) is 1.81. The third-order valence-corrected chi connectivity index (χ3v) is 9.55. The molecule has 0 aromatic heterocycles. The van der Waals surface area contributed by atoms with Gasteiger partial charge in [0.15, 0.2) is 0 Å². The van der Waals surface area contributed by atoms with Gasteiger partial charge in [0, 0.05) is 5.92 Å². The summed E-state index contributed by atoms with van der Waals surface area (Å²) in [5.74, 6) is 6.09. The lowest BCUT2D eigenvalue weighted by atomic mass is 9.49. The summed E-state index contributed by atoms with van der Waals surface area (Å²) < 4.78 is 6.49. The van der Waals surface area contributed by atoms with Crippen LogP contribution in [0.1, 0.15) is 77.6 Å². The van der Waals surface area contributed by atoms with Crippen LogP contribution in [0.4, 0.5) is 0 Å². The highest BCUT2D eigenvalue weighted by atomic mass is 16.6. The van der Waals surface area contributed by atoms with E-state index < -0.39 is 0 Å². The summed E-state index contributed by atoms with van der Waals surface area (Å²) >= 11 is 0. The molecule has 7 rings (SSSR count). The minimum atomic E-state index is -0.128. The van der Waals surface area contributed by atoms with Crippen molar-refractivity contribution in [3.05, 3.63) is 0 Å². The Balaban J connectivity index is 1.24. The molecule has 0 aliphatic heterocycles. The fourth-order valence-electron chi connectivity index (χ4n) is 9.18. The van der Waals surface area contributed by atoms with Crippen molar-refractivity contribution in [2.75, 3.05) is 0 Å². The van der Waals surface area contributed by atoms with Gasteiger partial charge in [-0.3, -0.25) is 4.79 Å². The van der Waals surface area contributed by atoms with E-state index in [4.69, 9.17) is 4.74 Å². The molecule has 0 heterocycles. The van der Waals surface area contributed by atoms with Crippen molar-refractivity contribution < 1.29 is 9.53 Å². The summed E-state index contributed by atoms with van der Waals surface area (Å²) in [6, 6.07) is 0. The van der Waals surface area contributed by atoms with Crippen LogP contribution in [0, 0.1) is 46.8 Å². The molecule has 132 valence electrons. The van der Waals surface area contributed by atoms with Crippen LogP contribution in [-0.2, 0) is 9.53 Å². The highest BCUT2D eigenvalue weighted by Gasteiger charge is 2.63. The van der Waals surface area contributed by atoms with Crippen molar-refractivity contribution >= 4 is 5.97 Å². The molecule has 5 atom stereocenters. The first-order valence-corrected chi connectivity index (χ1v) is 10.8. The van der Waals surface area contributed by atoms with Gasteiger partial charge in [0.2, 0.25) is 0 Å². The fraction of sp³-hybridized carbons (Fsp3) is 0.955. The Kier molecular flexibility index (Phi) is 2.80. The molecule has 2 nitrogen and oxygen atoms in total. The minimum Gasteiger partial charge on any atom is -0.459 e. The van der Waals surface area contributed by atoms with Crippen LogP contribution >= 0.6 is 0 Å². The molecule has 0 aromatic rings. The zero-order chi connectivity index (χ0) is 16.1. The molecule has 0 radical (unpaired) electrons. The highest BCUT2D eigenvalue weighted by molar-refractivity contribution is 5.78. The number of rotatable bonds is 2. The Hall–Kier alpha value is -0.530. The van der Waals surface area contributed by atoms with Crippen LogP contribution in [0.25, 0.3) is 0 Å². The number of hydrogen-bond donors (Lipinski definition) is 0. The Labute approximate surface area is 146 Å². The molecule has 7 aliphatic rings. The van der Waals surface area contributed by atoms with Crippen molar-refractivity contribution in [2.24, 2.45) is 46.8 Å². The standard InChI is InChI=1S/C22H32O2/c1-21(12-16-8-19(21)18-4-2-3-17(16)18)24-20(23)22-9-13-5-14(10-22)7-15(6-13)11-22/h13-19H,2-12H2,1H3/t13?,14?,15?,16-,17+,18+,19-,21+,22?/m0/s1. The van der Waals surface area contributed by atoms with Gasteiger partial charge in [-0.15, -0.1) is 0 Å². The first-order chi connectivity index (χ1) is 11.5. The van der Waals surface area contributed by atoms with Crippen molar-refractivity contribution in [3.63, 3.8) is 0 Å². The summed E-state index contributed by atoms with van der Waals surface area (Å²) in [7, 11) is 0. The van der Waals surface area contributed by atoms with Gasteiger partial charge in [0.05, 0.1) is 5.41 Å². The monoisotopic (exact) mass is 328 g/mol. The predicted molar refractivity (Wildman–Crippen MR) is 92.1 cm³/mol. The van der Waals surface area contributed by atoms with Crippen LogP contribution in [0.2, 0.25) is 0 Å². The van der Waals surface area contributed by atoms with Crippen LogP contribution in [-0.4, -0.2) is 11.6 Å². The summed E-state index contributed by atoms with van der Waals surface area (Å²) in [4.78, 5) is 13.4. The summed E-state index contributed by atoms with van der Waals surface area (Å²) in [6.07, 6.45) is 14.4. The molecule has 7 fully saturated rings. The van der Waals surface area contributed by atoms with E-state index in [1.165, 1.54) is 44.9 Å². The van der Waals surface area contributed by atoms with E-state index in [1.54, 1.807) is 0 Å². The van der Waals surface area contributed by atoms with Crippen molar-refractivity contribution in [2.45, 2.75) is 83.2 Å². The van der Waals surface area contributed by atoms with E-state index in [0.29, 0.717) is 5.92 Å². The maximum absolute atomic E-state index is 13.4. The molecule has 0 unspecified atom stereocenters. The number of fused-ring (bicyclic) bond motifs is 5. The second-order valence-corrected chi connectivity index (χ2v) is 11.0. The maximum Gasteiger partial charge on any atom is 0.312 e. The van der Waals surface area contributed by atoms with Gasteiger partial charge in [-0.2, -0.15) is 0 Å². The molecule has 6 bridgehead atoms. The van der Waals surface area contributed by atoms with E-state index in [-0.39, 0.29) is 17.0 Å². The average Bonchev–Trinajstić information content (AvgIpc) is 3.16. The van der Waals surface area contributed by atoms with Crippen molar-refractivity contribution in [1.82, 2.24) is 0 Å². The summed E-state index contributed by atoms with van der Waals surface area (Å²) in [5, 5.41) is 0. The lowest BCUT2D eigenvalue weighted by Gasteiger charge is -2.56. The molecule has 24 heavy (non-hydrogen) atoms. The minimum absolute atomic E-state index is 0.0747. The van der Waals surface area contributed by atoms with E-state index >= 15 is 0 Å². The molecule has 0 N–H and O–H groups in total. The Morgan fingerprint density at radius 2 is 1.50 bits per heavy atom. The Bertz CT molecular complexity index is 545.